The molecule has 0 saturated carbocycles. The summed E-state index contributed by atoms with van der Waals surface area (Å²) in [5.74, 6) is 0.397. The van der Waals surface area contributed by atoms with Gasteiger partial charge in [-0.1, -0.05) is 34.3 Å². The number of carbonyl (C=O) groups is 2. The smallest absolute Gasteiger partial charge is 0.157 e. The number of piperazine rings is 1. The van der Waals surface area contributed by atoms with Gasteiger partial charge in [-0.3, -0.25) is 14.5 Å². The molecule has 4 heteroatoms. The van der Waals surface area contributed by atoms with Crippen LogP contribution >= 0.6 is 0 Å². The van der Waals surface area contributed by atoms with Gasteiger partial charge in [0, 0.05) is 50.8 Å². The zero-order chi connectivity index (χ0) is 18.7. The summed E-state index contributed by atoms with van der Waals surface area (Å²) in [4.78, 5) is 28.4. The second-order valence-corrected chi connectivity index (χ2v) is 9.21. The van der Waals surface area contributed by atoms with E-state index in [1.54, 1.807) is 0 Å². The fourth-order valence-corrected chi connectivity index (χ4v) is 3.87. The van der Waals surface area contributed by atoms with Gasteiger partial charge in [-0.2, -0.15) is 0 Å². The Balaban J connectivity index is 1.81. The lowest BCUT2D eigenvalue weighted by atomic mass is 9.78. The second kappa shape index (κ2) is 7.86. The molecule has 25 heavy (non-hydrogen) atoms. The quantitative estimate of drug-likeness (QED) is 0.662. The van der Waals surface area contributed by atoms with Crippen molar-refractivity contribution < 1.29 is 9.59 Å². The zero-order valence-corrected chi connectivity index (χ0v) is 16.4. The summed E-state index contributed by atoms with van der Waals surface area (Å²) in [6.07, 6.45) is 6.54. The van der Waals surface area contributed by atoms with Crippen molar-refractivity contribution in [3.8, 4) is 0 Å². The molecule has 1 heterocycles. The third-order valence-corrected chi connectivity index (χ3v) is 5.40. The Hall–Kier alpha value is -1.42. The molecular formula is C21H34N2O2. The standard InChI is InChI=1S/C21H34N2O2/c1-6-18(24)15-20(2,3)7-8-22-9-11-23(12-10-22)17-13-19(25)16-21(4,5)14-17/h6,13H,1,7-12,14-16H2,2-5H3. The fourth-order valence-electron chi connectivity index (χ4n) is 3.87. The van der Waals surface area contributed by atoms with Crippen LogP contribution in [0.25, 0.3) is 0 Å². The molecule has 4 nitrogen and oxygen atoms in total. The molecule has 0 aromatic carbocycles. The van der Waals surface area contributed by atoms with Crippen LogP contribution in [0.4, 0.5) is 0 Å². The molecule has 0 spiro atoms. The van der Waals surface area contributed by atoms with Gasteiger partial charge in [-0.15, -0.1) is 0 Å². The molecule has 0 aromatic rings. The first kappa shape index (κ1) is 19.9. The van der Waals surface area contributed by atoms with Crippen molar-refractivity contribution in [3.63, 3.8) is 0 Å². The average molecular weight is 347 g/mol. The van der Waals surface area contributed by atoms with Crippen LogP contribution in [0.1, 0.15) is 53.4 Å². The minimum atomic E-state index is 0.0186. The average Bonchev–Trinajstić information content (AvgIpc) is 2.51. The highest BCUT2D eigenvalue weighted by atomic mass is 16.1. The van der Waals surface area contributed by atoms with Gasteiger partial charge in [0.1, 0.15) is 0 Å². The SMILES string of the molecule is C=CC(=O)CC(C)(C)CCN1CCN(C2=CC(=O)CC(C)(C)C2)CC1. The predicted octanol–water partition coefficient (Wildman–Crippen LogP) is 3.44. The Morgan fingerprint density at radius 1 is 1.24 bits per heavy atom. The second-order valence-electron chi connectivity index (χ2n) is 9.21. The number of allylic oxidation sites excluding steroid dienone is 3. The molecule has 0 bridgehead atoms. The third kappa shape index (κ3) is 6.10. The number of ketones is 2. The Morgan fingerprint density at radius 2 is 1.88 bits per heavy atom. The molecule has 0 N–H and O–H groups in total. The van der Waals surface area contributed by atoms with E-state index in [-0.39, 0.29) is 22.4 Å². The number of carbonyl (C=O) groups excluding carboxylic acids is 2. The van der Waals surface area contributed by atoms with Gasteiger partial charge in [0.2, 0.25) is 0 Å². The predicted molar refractivity (Wildman–Crippen MR) is 102 cm³/mol. The van der Waals surface area contributed by atoms with Gasteiger partial charge in [-0.25, -0.2) is 0 Å². The van der Waals surface area contributed by atoms with Crippen molar-refractivity contribution in [1.82, 2.24) is 9.80 Å². The molecule has 1 aliphatic heterocycles. The maximum Gasteiger partial charge on any atom is 0.157 e. The maximum absolute atomic E-state index is 12.0. The van der Waals surface area contributed by atoms with Gasteiger partial charge in [0.25, 0.3) is 0 Å². The van der Waals surface area contributed by atoms with E-state index in [9.17, 15) is 9.59 Å². The van der Waals surface area contributed by atoms with E-state index in [0.717, 1.165) is 45.6 Å². The lowest BCUT2D eigenvalue weighted by Gasteiger charge is -2.41. The molecule has 0 radical (unpaired) electrons. The Bertz CT molecular complexity index is 552. The van der Waals surface area contributed by atoms with E-state index in [1.807, 2.05) is 6.08 Å². The van der Waals surface area contributed by atoms with Gasteiger partial charge in [0.15, 0.2) is 11.6 Å². The van der Waals surface area contributed by atoms with Crippen LogP contribution in [0.2, 0.25) is 0 Å². The molecule has 1 saturated heterocycles. The van der Waals surface area contributed by atoms with E-state index in [4.69, 9.17) is 0 Å². The number of nitrogens with zero attached hydrogens (tertiary/aromatic N) is 2. The summed E-state index contributed by atoms with van der Waals surface area (Å²) < 4.78 is 0. The lowest BCUT2D eigenvalue weighted by molar-refractivity contribution is -0.118. The maximum atomic E-state index is 12.0. The molecular weight excluding hydrogens is 312 g/mol. The minimum absolute atomic E-state index is 0.0186. The first-order chi connectivity index (χ1) is 11.6. The lowest BCUT2D eigenvalue weighted by Crippen LogP contribution is -2.47. The van der Waals surface area contributed by atoms with Crippen molar-refractivity contribution in [1.29, 1.82) is 0 Å². The van der Waals surface area contributed by atoms with E-state index in [0.29, 0.717) is 12.8 Å². The summed E-state index contributed by atoms with van der Waals surface area (Å²) in [7, 11) is 0. The molecule has 2 rings (SSSR count). The molecule has 0 unspecified atom stereocenters. The topological polar surface area (TPSA) is 40.6 Å². The van der Waals surface area contributed by atoms with Crippen molar-refractivity contribution >= 4 is 11.6 Å². The molecule has 1 aliphatic carbocycles. The van der Waals surface area contributed by atoms with Crippen LogP contribution in [0, 0.1) is 10.8 Å². The fraction of sp³-hybridized carbons (Fsp3) is 0.714. The zero-order valence-electron chi connectivity index (χ0n) is 16.4. The van der Waals surface area contributed by atoms with Gasteiger partial charge < -0.3 is 4.90 Å². The first-order valence-electron chi connectivity index (χ1n) is 9.46. The molecule has 0 amide bonds. The highest BCUT2D eigenvalue weighted by Gasteiger charge is 2.31. The summed E-state index contributed by atoms with van der Waals surface area (Å²) in [5.41, 5.74) is 1.32. The van der Waals surface area contributed by atoms with E-state index >= 15 is 0 Å². The molecule has 0 aromatic heterocycles. The summed E-state index contributed by atoms with van der Waals surface area (Å²) in [6, 6.07) is 0. The normalized spacial score (nSPS) is 21.8. The van der Waals surface area contributed by atoms with Crippen molar-refractivity contribution in [3.05, 3.63) is 24.4 Å². The van der Waals surface area contributed by atoms with Crippen LogP contribution in [-0.4, -0.2) is 54.1 Å². The minimum Gasteiger partial charge on any atom is -0.372 e. The van der Waals surface area contributed by atoms with Crippen molar-refractivity contribution in [2.75, 3.05) is 32.7 Å². The van der Waals surface area contributed by atoms with E-state index in [2.05, 4.69) is 44.1 Å². The number of hydrogen-bond acceptors (Lipinski definition) is 4. The highest BCUT2D eigenvalue weighted by Crippen LogP contribution is 2.35. The van der Waals surface area contributed by atoms with Crippen LogP contribution in [-0.2, 0) is 9.59 Å². The molecule has 0 atom stereocenters. The third-order valence-electron chi connectivity index (χ3n) is 5.40. The van der Waals surface area contributed by atoms with Crippen LogP contribution in [0.5, 0.6) is 0 Å². The van der Waals surface area contributed by atoms with Gasteiger partial charge in [0.05, 0.1) is 0 Å². The number of hydrogen-bond donors (Lipinski definition) is 0. The van der Waals surface area contributed by atoms with Crippen LogP contribution in [0.15, 0.2) is 24.4 Å². The van der Waals surface area contributed by atoms with Crippen LogP contribution < -0.4 is 0 Å². The van der Waals surface area contributed by atoms with Gasteiger partial charge in [-0.05, 0) is 36.3 Å². The molecule has 1 fully saturated rings. The first-order valence-corrected chi connectivity index (χ1v) is 9.46. The Morgan fingerprint density at radius 3 is 2.44 bits per heavy atom. The highest BCUT2D eigenvalue weighted by molar-refractivity contribution is 5.91. The van der Waals surface area contributed by atoms with Crippen molar-refractivity contribution in [2.45, 2.75) is 53.4 Å². The van der Waals surface area contributed by atoms with Crippen molar-refractivity contribution in [2.24, 2.45) is 10.8 Å². The summed E-state index contributed by atoms with van der Waals surface area (Å²) in [6.45, 7) is 17.3. The van der Waals surface area contributed by atoms with E-state index < -0.39 is 0 Å². The summed E-state index contributed by atoms with van der Waals surface area (Å²) in [5, 5.41) is 0. The summed E-state index contributed by atoms with van der Waals surface area (Å²) >= 11 is 0. The van der Waals surface area contributed by atoms with E-state index in [1.165, 1.54) is 11.8 Å². The molecule has 140 valence electrons. The number of rotatable bonds is 7. The van der Waals surface area contributed by atoms with Gasteiger partial charge >= 0.3 is 0 Å². The molecule has 2 aliphatic rings. The Kier molecular flexibility index (Phi) is 6.26. The largest absolute Gasteiger partial charge is 0.372 e. The monoisotopic (exact) mass is 346 g/mol. The Labute approximate surface area is 152 Å². The van der Waals surface area contributed by atoms with Crippen LogP contribution in [0.3, 0.4) is 0 Å².